The van der Waals surface area contributed by atoms with Crippen LogP contribution in [-0.2, 0) is 20.7 Å². The summed E-state index contributed by atoms with van der Waals surface area (Å²) in [6.45, 7) is 5.60. The molecule has 1 aliphatic rings. The summed E-state index contributed by atoms with van der Waals surface area (Å²) in [6.07, 6.45) is -0.359. The number of carbonyl (C=O) groups is 2. The minimum atomic E-state index is -0.887. The zero-order valence-electron chi connectivity index (χ0n) is 22.5. The third-order valence-electron chi connectivity index (χ3n) is 6.83. The fourth-order valence-electron chi connectivity index (χ4n) is 5.05. The van der Waals surface area contributed by atoms with Gasteiger partial charge in [0.05, 0.1) is 0 Å². The number of nitrogens with one attached hydrogen (secondary N) is 1. The zero-order valence-corrected chi connectivity index (χ0v) is 22.5. The quantitative estimate of drug-likeness (QED) is 0.264. The Morgan fingerprint density at radius 1 is 0.744 bits per heavy atom. The zero-order chi connectivity index (χ0) is 27.4. The van der Waals surface area contributed by atoms with Crippen molar-refractivity contribution in [3.63, 3.8) is 0 Å². The minimum Gasteiger partial charge on any atom is -0.458 e. The maximum Gasteiger partial charge on any atom is 0.407 e. The highest BCUT2D eigenvalue weighted by atomic mass is 16.6. The number of benzene rings is 4. The molecule has 198 valence electrons. The van der Waals surface area contributed by atoms with Crippen molar-refractivity contribution in [2.45, 2.75) is 44.8 Å². The van der Waals surface area contributed by atoms with Crippen LogP contribution in [0.5, 0.6) is 0 Å². The molecule has 5 heteroatoms. The van der Waals surface area contributed by atoms with Gasteiger partial charge in [-0.1, -0.05) is 103 Å². The normalized spacial score (nSPS) is 13.2. The molecule has 5 nitrogen and oxygen atoms in total. The number of esters is 1. The van der Waals surface area contributed by atoms with Crippen molar-refractivity contribution >= 4 is 12.1 Å². The fourth-order valence-corrected chi connectivity index (χ4v) is 5.05. The van der Waals surface area contributed by atoms with E-state index >= 15 is 0 Å². The topological polar surface area (TPSA) is 64.6 Å². The van der Waals surface area contributed by atoms with E-state index < -0.39 is 23.7 Å². The summed E-state index contributed by atoms with van der Waals surface area (Å²) in [7, 11) is 0. The standard InChI is InChI=1S/C34H33NO4/c1-34(2,3)39-32(36)31(21-23-17-19-25(20-18-23)24-11-5-4-6-12-24)35-33(37)38-22-30-28-15-9-7-13-26(28)27-14-8-10-16-29(27)30/h4-20,30-31H,21-22H2,1-3H3,(H,35,37)/t31-/m0/s1. The van der Waals surface area contributed by atoms with Crippen molar-refractivity contribution in [3.05, 3.63) is 120 Å². The lowest BCUT2D eigenvalue weighted by Crippen LogP contribution is -2.46. The van der Waals surface area contributed by atoms with Crippen LogP contribution < -0.4 is 5.32 Å². The summed E-state index contributed by atoms with van der Waals surface area (Å²) in [5, 5.41) is 2.77. The summed E-state index contributed by atoms with van der Waals surface area (Å²) in [4.78, 5) is 26.1. The number of carbonyl (C=O) groups excluding carboxylic acids is 2. The smallest absolute Gasteiger partial charge is 0.407 e. The summed E-state index contributed by atoms with van der Waals surface area (Å²) in [5.74, 6) is -0.559. The van der Waals surface area contributed by atoms with Gasteiger partial charge in [-0.25, -0.2) is 9.59 Å². The van der Waals surface area contributed by atoms with Gasteiger partial charge in [0.25, 0.3) is 0 Å². The Balaban J connectivity index is 1.28. The number of ether oxygens (including phenoxy) is 2. The minimum absolute atomic E-state index is 0.0614. The lowest BCUT2D eigenvalue weighted by molar-refractivity contribution is -0.157. The molecule has 39 heavy (non-hydrogen) atoms. The molecule has 0 bridgehead atoms. The van der Waals surface area contributed by atoms with E-state index in [1.54, 1.807) is 0 Å². The SMILES string of the molecule is CC(C)(C)OC(=O)[C@H](Cc1ccc(-c2ccccc2)cc1)NC(=O)OCC1c2ccccc2-c2ccccc21. The van der Waals surface area contributed by atoms with E-state index in [9.17, 15) is 9.59 Å². The summed E-state index contributed by atoms with van der Waals surface area (Å²) >= 11 is 0. The molecule has 0 saturated heterocycles. The largest absolute Gasteiger partial charge is 0.458 e. The molecule has 4 aromatic rings. The molecule has 0 radical (unpaired) electrons. The van der Waals surface area contributed by atoms with Crippen molar-refractivity contribution < 1.29 is 19.1 Å². The Labute approximate surface area is 229 Å². The van der Waals surface area contributed by atoms with Crippen LogP contribution in [0.3, 0.4) is 0 Å². The van der Waals surface area contributed by atoms with Crippen LogP contribution in [0.2, 0.25) is 0 Å². The molecule has 5 rings (SSSR count). The first kappa shape index (κ1) is 26.2. The highest BCUT2D eigenvalue weighted by molar-refractivity contribution is 5.82. The van der Waals surface area contributed by atoms with Gasteiger partial charge in [-0.3, -0.25) is 0 Å². The molecule has 0 heterocycles. The fraction of sp³-hybridized carbons (Fsp3) is 0.235. The van der Waals surface area contributed by atoms with E-state index in [0.29, 0.717) is 0 Å². The molecule has 0 unspecified atom stereocenters. The van der Waals surface area contributed by atoms with Crippen molar-refractivity contribution in [3.8, 4) is 22.3 Å². The van der Waals surface area contributed by atoms with Crippen molar-refractivity contribution in [2.75, 3.05) is 6.61 Å². The Morgan fingerprint density at radius 3 is 1.87 bits per heavy atom. The number of hydrogen-bond donors (Lipinski definition) is 1. The van der Waals surface area contributed by atoms with E-state index in [1.807, 2.05) is 87.5 Å². The van der Waals surface area contributed by atoms with Gasteiger partial charge in [-0.05, 0) is 59.7 Å². The molecule has 0 saturated carbocycles. The first-order valence-corrected chi connectivity index (χ1v) is 13.3. The molecule has 1 aliphatic carbocycles. The molecule has 0 spiro atoms. The molecule has 1 atom stereocenters. The van der Waals surface area contributed by atoms with Gasteiger partial charge >= 0.3 is 12.1 Å². The Morgan fingerprint density at radius 2 is 1.28 bits per heavy atom. The second-order valence-electron chi connectivity index (χ2n) is 10.8. The third-order valence-corrected chi connectivity index (χ3v) is 6.83. The molecular weight excluding hydrogens is 486 g/mol. The number of fused-ring (bicyclic) bond motifs is 3. The second kappa shape index (κ2) is 11.2. The first-order chi connectivity index (χ1) is 18.8. The van der Waals surface area contributed by atoms with Crippen LogP contribution in [0, 0.1) is 0 Å². The van der Waals surface area contributed by atoms with Crippen LogP contribution in [0.15, 0.2) is 103 Å². The van der Waals surface area contributed by atoms with Crippen molar-refractivity contribution in [1.82, 2.24) is 5.32 Å². The first-order valence-electron chi connectivity index (χ1n) is 13.3. The average Bonchev–Trinajstić information content (AvgIpc) is 3.25. The van der Waals surface area contributed by atoms with Gasteiger partial charge in [0, 0.05) is 12.3 Å². The molecule has 0 fully saturated rings. The Bertz CT molecular complexity index is 1410. The van der Waals surface area contributed by atoms with E-state index in [4.69, 9.17) is 9.47 Å². The van der Waals surface area contributed by atoms with Crippen molar-refractivity contribution in [1.29, 1.82) is 0 Å². The molecule has 4 aromatic carbocycles. The van der Waals surface area contributed by atoms with Crippen LogP contribution >= 0.6 is 0 Å². The van der Waals surface area contributed by atoms with Crippen LogP contribution in [0.4, 0.5) is 4.79 Å². The van der Waals surface area contributed by atoms with Gasteiger partial charge in [0.1, 0.15) is 18.2 Å². The van der Waals surface area contributed by atoms with Crippen LogP contribution in [-0.4, -0.2) is 30.3 Å². The molecule has 1 N–H and O–H groups in total. The number of rotatable bonds is 7. The van der Waals surface area contributed by atoms with Gasteiger partial charge in [-0.2, -0.15) is 0 Å². The number of hydrogen-bond acceptors (Lipinski definition) is 4. The molecule has 1 amide bonds. The Hall–Kier alpha value is -4.38. The van der Waals surface area contributed by atoms with E-state index in [2.05, 4.69) is 41.7 Å². The van der Waals surface area contributed by atoms with E-state index in [0.717, 1.165) is 38.9 Å². The van der Waals surface area contributed by atoms with Crippen LogP contribution in [0.25, 0.3) is 22.3 Å². The van der Waals surface area contributed by atoms with Gasteiger partial charge in [0.2, 0.25) is 0 Å². The monoisotopic (exact) mass is 519 g/mol. The predicted octanol–water partition coefficient (Wildman–Crippen LogP) is 7.15. The van der Waals surface area contributed by atoms with Gasteiger partial charge in [0.15, 0.2) is 0 Å². The Kier molecular flexibility index (Phi) is 7.51. The third kappa shape index (κ3) is 6.20. The maximum absolute atomic E-state index is 13.1. The molecular formula is C34H33NO4. The molecule has 0 aromatic heterocycles. The molecule has 0 aliphatic heterocycles. The highest BCUT2D eigenvalue weighted by Crippen LogP contribution is 2.44. The lowest BCUT2D eigenvalue weighted by Gasteiger charge is -2.25. The second-order valence-corrected chi connectivity index (χ2v) is 10.8. The number of alkyl carbamates (subject to hydrolysis) is 1. The van der Waals surface area contributed by atoms with E-state index in [-0.39, 0.29) is 18.9 Å². The van der Waals surface area contributed by atoms with Gasteiger partial charge in [-0.15, -0.1) is 0 Å². The van der Waals surface area contributed by atoms with Gasteiger partial charge < -0.3 is 14.8 Å². The lowest BCUT2D eigenvalue weighted by atomic mass is 9.98. The maximum atomic E-state index is 13.1. The number of amides is 1. The average molecular weight is 520 g/mol. The van der Waals surface area contributed by atoms with E-state index in [1.165, 1.54) is 0 Å². The summed E-state index contributed by atoms with van der Waals surface area (Å²) in [5.41, 5.74) is 7.00. The predicted molar refractivity (Wildman–Crippen MR) is 153 cm³/mol. The summed E-state index contributed by atoms with van der Waals surface area (Å²) < 4.78 is 11.3. The highest BCUT2D eigenvalue weighted by Gasteiger charge is 2.31. The van der Waals surface area contributed by atoms with Crippen molar-refractivity contribution in [2.24, 2.45) is 0 Å². The van der Waals surface area contributed by atoms with Crippen LogP contribution in [0.1, 0.15) is 43.4 Å². The summed E-state index contributed by atoms with van der Waals surface area (Å²) in [6, 6.07) is 33.5.